The third kappa shape index (κ3) is 3.59. The van der Waals surface area contributed by atoms with Crippen molar-refractivity contribution >= 4 is 39.8 Å². The van der Waals surface area contributed by atoms with E-state index in [4.69, 9.17) is 23.2 Å². The summed E-state index contributed by atoms with van der Waals surface area (Å²) < 4.78 is 0. The van der Waals surface area contributed by atoms with Gasteiger partial charge in [-0.1, -0.05) is 35.3 Å². The lowest BCUT2D eigenvalue weighted by molar-refractivity contribution is 0.476. The number of rotatable bonds is 4. The van der Waals surface area contributed by atoms with E-state index >= 15 is 0 Å². The van der Waals surface area contributed by atoms with E-state index in [1.54, 1.807) is 24.5 Å². The van der Waals surface area contributed by atoms with Crippen LogP contribution in [0.3, 0.4) is 0 Å². The van der Waals surface area contributed by atoms with Gasteiger partial charge in [0.25, 0.3) is 0 Å². The Morgan fingerprint density at radius 1 is 1.00 bits per heavy atom. The van der Waals surface area contributed by atoms with Crippen molar-refractivity contribution in [3.63, 3.8) is 0 Å². The molecule has 5 nitrogen and oxygen atoms in total. The second kappa shape index (κ2) is 7.62. The Morgan fingerprint density at radius 3 is 2.57 bits per heavy atom. The lowest BCUT2D eigenvalue weighted by Gasteiger charge is -2.22. The standard InChI is InChI=1S/C21H16Cl2N4O/c1-27(12-13-4-5-18-14(9-13)3-2-7-24-18)19-6-8-25-26-20(19)15-10-16(22)21(28)17(23)11-15/h2-11,28H,12H2,1H3. The molecule has 7 heteroatoms. The van der Waals surface area contributed by atoms with Crippen LogP contribution in [0.1, 0.15) is 5.56 Å². The van der Waals surface area contributed by atoms with Crippen LogP contribution in [0.4, 0.5) is 5.69 Å². The van der Waals surface area contributed by atoms with Crippen molar-refractivity contribution in [3.8, 4) is 17.0 Å². The molecule has 0 amide bonds. The Balaban J connectivity index is 1.69. The Hall–Kier alpha value is -2.89. The maximum Gasteiger partial charge on any atom is 0.152 e. The first-order valence-corrected chi connectivity index (χ1v) is 9.33. The molecule has 4 aromatic rings. The number of anilines is 1. The van der Waals surface area contributed by atoms with E-state index in [1.165, 1.54) is 0 Å². The summed E-state index contributed by atoms with van der Waals surface area (Å²) in [5, 5.41) is 19.5. The highest BCUT2D eigenvalue weighted by Gasteiger charge is 2.15. The minimum absolute atomic E-state index is 0.143. The SMILES string of the molecule is CN(Cc1ccc2ncccc2c1)c1ccnnc1-c1cc(Cl)c(O)c(Cl)c1. The van der Waals surface area contributed by atoms with Crippen LogP contribution >= 0.6 is 23.2 Å². The number of phenols is 1. The molecule has 28 heavy (non-hydrogen) atoms. The summed E-state index contributed by atoms with van der Waals surface area (Å²) in [6.07, 6.45) is 3.43. The van der Waals surface area contributed by atoms with Gasteiger partial charge in [-0.2, -0.15) is 5.10 Å². The molecule has 1 N–H and O–H groups in total. The molecule has 0 saturated carbocycles. The van der Waals surface area contributed by atoms with Crippen molar-refractivity contribution in [1.29, 1.82) is 0 Å². The Labute approximate surface area is 172 Å². The zero-order valence-corrected chi connectivity index (χ0v) is 16.5. The molecule has 0 aliphatic carbocycles. The second-order valence-corrected chi connectivity index (χ2v) is 7.25. The lowest BCUT2D eigenvalue weighted by Crippen LogP contribution is -2.18. The van der Waals surface area contributed by atoms with Crippen LogP contribution in [-0.4, -0.2) is 27.3 Å². The number of pyridine rings is 1. The third-order valence-electron chi connectivity index (χ3n) is 4.49. The van der Waals surface area contributed by atoms with E-state index in [-0.39, 0.29) is 15.8 Å². The summed E-state index contributed by atoms with van der Waals surface area (Å²) in [6.45, 7) is 0.670. The van der Waals surface area contributed by atoms with Crippen LogP contribution in [0.15, 0.2) is 60.9 Å². The van der Waals surface area contributed by atoms with Crippen LogP contribution in [0.5, 0.6) is 5.75 Å². The van der Waals surface area contributed by atoms with Gasteiger partial charge in [0.15, 0.2) is 5.75 Å². The molecule has 0 aliphatic rings. The monoisotopic (exact) mass is 410 g/mol. The van der Waals surface area contributed by atoms with Gasteiger partial charge in [0.1, 0.15) is 5.69 Å². The number of aromatic nitrogens is 3. The van der Waals surface area contributed by atoms with Crippen molar-refractivity contribution in [2.75, 3.05) is 11.9 Å². The van der Waals surface area contributed by atoms with E-state index in [9.17, 15) is 5.11 Å². The van der Waals surface area contributed by atoms with Gasteiger partial charge in [-0.25, -0.2) is 0 Å². The summed E-state index contributed by atoms with van der Waals surface area (Å²) in [5.74, 6) is -0.143. The molecule has 0 fully saturated rings. The Kier molecular flexibility index (Phi) is 5.03. The average Bonchev–Trinajstić information content (AvgIpc) is 2.71. The molecule has 2 aromatic heterocycles. The summed E-state index contributed by atoms with van der Waals surface area (Å²) in [7, 11) is 1.98. The normalized spacial score (nSPS) is 11.0. The van der Waals surface area contributed by atoms with Gasteiger partial charge in [-0.15, -0.1) is 5.10 Å². The lowest BCUT2D eigenvalue weighted by atomic mass is 10.1. The molecule has 2 aromatic carbocycles. The number of phenolic OH excluding ortho intramolecular Hbond substituents is 1. The molecule has 0 unspecified atom stereocenters. The highest BCUT2D eigenvalue weighted by molar-refractivity contribution is 6.37. The van der Waals surface area contributed by atoms with Gasteiger partial charge in [-0.3, -0.25) is 4.98 Å². The zero-order valence-electron chi connectivity index (χ0n) is 15.0. The fourth-order valence-corrected chi connectivity index (χ4v) is 3.61. The molecular weight excluding hydrogens is 395 g/mol. The largest absolute Gasteiger partial charge is 0.505 e. The van der Waals surface area contributed by atoms with Gasteiger partial charge in [0.2, 0.25) is 0 Å². The molecule has 0 bridgehead atoms. The predicted octanol–water partition coefficient (Wildman–Crippen LogP) is 5.34. The first kappa shape index (κ1) is 18.5. The van der Waals surface area contributed by atoms with Crippen molar-refractivity contribution in [2.24, 2.45) is 0 Å². The summed E-state index contributed by atoms with van der Waals surface area (Å²) in [5.41, 5.74) is 4.31. The van der Waals surface area contributed by atoms with Crippen LogP contribution < -0.4 is 4.90 Å². The second-order valence-electron chi connectivity index (χ2n) is 6.44. The molecule has 0 saturated heterocycles. The molecule has 0 spiro atoms. The predicted molar refractivity (Wildman–Crippen MR) is 113 cm³/mol. The van der Waals surface area contributed by atoms with Crippen molar-refractivity contribution in [3.05, 3.63) is 76.5 Å². The maximum atomic E-state index is 9.82. The number of benzene rings is 2. The molecule has 0 aliphatic heterocycles. The number of halogens is 2. The van der Waals surface area contributed by atoms with Gasteiger partial charge in [-0.05, 0) is 42.0 Å². The van der Waals surface area contributed by atoms with E-state index in [2.05, 4.69) is 32.2 Å². The quantitative estimate of drug-likeness (QED) is 0.491. The van der Waals surface area contributed by atoms with Crippen LogP contribution in [0.2, 0.25) is 10.0 Å². The first-order valence-electron chi connectivity index (χ1n) is 8.58. The van der Waals surface area contributed by atoms with E-state index in [0.29, 0.717) is 17.8 Å². The zero-order chi connectivity index (χ0) is 19.7. The fraction of sp³-hybridized carbons (Fsp3) is 0.0952. The van der Waals surface area contributed by atoms with Crippen LogP contribution in [0, 0.1) is 0 Å². The summed E-state index contributed by atoms with van der Waals surface area (Å²) >= 11 is 12.2. The van der Waals surface area contributed by atoms with E-state index in [0.717, 1.165) is 22.2 Å². The molecule has 0 radical (unpaired) electrons. The molecule has 0 atom stereocenters. The number of hydrogen-bond donors (Lipinski definition) is 1. The van der Waals surface area contributed by atoms with Crippen LogP contribution in [-0.2, 0) is 6.54 Å². The third-order valence-corrected chi connectivity index (χ3v) is 5.06. The van der Waals surface area contributed by atoms with E-state index in [1.807, 2.05) is 31.3 Å². The number of nitrogens with zero attached hydrogens (tertiary/aromatic N) is 4. The molecule has 4 rings (SSSR count). The van der Waals surface area contributed by atoms with Gasteiger partial charge >= 0.3 is 0 Å². The van der Waals surface area contributed by atoms with Crippen molar-refractivity contribution in [2.45, 2.75) is 6.54 Å². The molecule has 140 valence electrons. The van der Waals surface area contributed by atoms with Crippen molar-refractivity contribution < 1.29 is 5.11 Å². The molecule has 2 heterocycles. The Bertz CT molecular complexity index is 1140. The van der Waals surface area contributed by atoms with Gasteiger partial charge in [0.05, 0.1) is 27.4 Å². The topological polar surface area (TPSA) is 62.1 Å². The number of fused-ring (bicyclic) bond motifs is 1. The average molecular weight is 411 g/mol. The van der Waals surface area contributed by atoms with E-state index < -0.39 is 0 Å². The maximum absolute atomic E-state index is 9.82. The van der Waals surface area contributed by atoms with Crippen molar-refractivity contribution in [1.82, 2.24) is 15.2 Å². The number of aromatic hydroxyl groups is 1. The minimum Gasteiger partial charge on any atom is -0.505 e. The molecular formula is C21H16Cl2N4O. The Morgan fingerprint density at radius 2 is 1.79 bits per heavy atom. The summed E-state index contributed by atoms with van der Waals surface area (Å²) in [4.78, 5) is 6.44. The smallest absolute Gasteiger partial charge is 0.152 e. The highest BCUT2D eigenvalue weighted by Crippen LogP contribution is 2.38. The van der Waals surface area contributed by atoms with Gasteiger partial charge < -0.3 is 10.0 Å². The first-order chi connectivity index (χ1) is 13.5. The van der Waals surface area contributed by atoms with Crippen LogP contribution in [0.25, 0.3) is 22.2 Å². The van der Waals surface area contributed by atoms with Gasteiger partial charge in [0, 0.05) is 30.7 Å². The highest BCUT2D eigenvalue weighted by atomic mass is 35.5. The number of hydrogen-bond acceptors (Lipinski definition) is 5. The summed E-state index contributed by atoms with van der Waals surface area (Å²) in [6, 6.07) is 15.3. The minimum atomic E-state index is -0.143. The fourth-order valence-electron chi connectivity index (χ4n) is 3.12.